The minimum atomic E-state index is -0.347. The SMILES string of the molecule is COCCNCCCn1c(=O)oc2cccnc21. The summed E-state index contributed by atoms with van der Waals surface area (Å²) in [4.78, 5) is 15.8. The minimum absolute atomic E-state index is 0.347. The number of rotatable bonds is 7. The van der Waals surface area contributed by atoms with Gasteiger partial charge in [-0.3, -0.25) is 4.57 Å². The fourth-order valence-corrected chi connectivity index (χ4v) is 1.76. The first-order valence-electron chi connectivity index (χ1n) is 5.97. The van der Waals surface area contributed by atoms with Crippen LogP contribution in [0.5, 0.6) is 0 Å². The third-order valence-corrected chi connectivity index (χ3v) is 2.64. The molecule has 2 aromatic rings. The molecule has 1 N–H and O–H groups in total. The largest absolute Gasteiger partial charge is 0.421 e. The molecule has 0 aliphatic heterocycles. The molecular weight excluding hydrogens is 234 g/mol. The molecule has 0 spiro atoms. The van der Waals surface area contributed by atoms with Crippen molar-refractivity contribution >= 4 is 11.2 Å². The van der Waals surface area contributed by atoms with E-state index < -0.39 is 0 Å². The van der Waals surface area contributed by atoms with Gasteiger partial charge < -0.3 is 14.5 Å². The predicted octanol–water partition coefficient (Wildman–Crippen LogP) is 0.616. The zero-order valence-corrected chi connectivity index (χ0v) is 10.4. The Balaban J connectivity index is 1.91. The molecule has 2 heterocycles. The fourth-order valence-electron chi connectivity index (χ4n) is 1.76. The maximum absolute atomic E-state index is 11.6. The van der Waals surface area contributed by atoms with E-state index in [1.165, 1.54) is 0 Å². The van der Waals surface area contributed by atoms with Crippen molar-refractivity contribution in [2.75, 3.05) is 26.8 Å². The summed E-state index contributed by atoms with van der Waals surface area (Å²) in [7, 11) is 1.67. The molecule has 18 heavy (non-hydrogen) atoms. The summed E-state index contributed by atoms with van der Waals surface area (Å²) in [6, 6.07) is 3.50. The number of pyridine rings is 1. The van der Waals surface area contributed by atoms with E-state index >= 15 is 0 Å². The van der Waals surface area contributed by atoms with Gasteiger partial charge in [-0.2, -0.15) is 0 Å². The zero-order valence-electron chi connectivity index (χ0n) is 10.4. The average molecular weight is 251 g/mol. The quantitative estimate of drug-likeness (QED) is 0.730. The lowest BCUT2D eigenvalue weighted by Crippen LogP contribution is -2.23. The van der Waals surface area contributed by atoms with Crippen LogP contribution in [0.1, 0.15) is 6.42 Å². The number of methoxy groups -OCH3 is 1. The number of nitrogens with one attached hydrogen (secondary N) is 1. The van der Waals surface area contributed by atoms with Gasteiger partial charge in [0.25, 0.3) is 0 Å². The van der Waals surface area contributed by atoms with Crippen molar-refractivity contribution in [1.82, 2.24) is 14.9 Å². The molecule has 0 radical (unpaired) electrons. The molecule has 0 fully saturated rings. The Kier molecular flexibility index (Phi) is 4.49. The molecule has 0 unspecified atom stereocenters. The second-order valence-corrected chi connectivity index (χ2v) is 3.94. The molecule has 2 rings (SSSR count). The molecule has 0 bridgehead atoms. The lowest BCUT2D eigenvalue weighted by molar-refractivity contribution is 0.199. The molecular formula is C12H17N3O3. The molecule has 0 saturated carbocycles. The molecule has 6 heteroatoms. The summed E-state index contributed by atoms with van der Waals surface area (Å²) in [5, 5.41) is 3.22. The number of hydrogen-bond donors (Lipinski definition) is 1. The van der Waals surface area contributed by atoms with Gasteiger partial charge in [0.15, 0.2) is 11.2 Å². The number of hydrogen-bond acceptors (Lipinski definition) is 5. The normalized spacial score (nSPS) is 11.2. The highest BCUT2D eigenvalue weighted by Gasteiger charge is 2.08. The third kappa shape index (κ3) is 2.96. The van der Waals surface area contributed by atoms with E-state index in [2.05, 4.69) is 10.3 Å². The third-order valence-electron chi connectivity index (χ3n) is 2.64. The highest BCUT2D eigenvalue weighted by molar-refractivity contribution is 5.67. The highest BCUT2D eigenvalue weighted by Crippen LogP contribution is 2.08. The Hall–Kier alpha value is -1.66. The van der Waals surface area contributed by atoms with Crippen molar-refractivity contribution in [3.8, 4) is 0 Å². The van der Waals surface area contributed by atoms with Crippen molar-refractivity contribution < 1.29 is 9.15 Å². The lowest BCUT2D eigenvalue weighted by Gasteiger charge is -2.04. The van der Waals surface area contributed by atoms with Gasteiger partial charge in [-0.05, 0) is 25.1 Å². The van der Waals surface area contributed by atoms with Crippen molar-refractivity contribution in [3.05, 3.63) is 28.9 Å². The van der Waals surface area contributed by atoms with Crippen LogP contribution in [0.15, 0.2) is 27.5 Å². The van der Waals surface area contributed by atoms with E-state index in [9.17, 15) is 4.79 Å². The maximum Gasteiger partial charge on any atom is 0.421 e. The van der Waals surface area contributed by atoms with Crippen LogP contribution in [-0.2, 0) is 11.3 Å². The smallest absolute Gasteiger partial charge is 0.406 e. The van der Waals surface area contributed by atoms with E-state index in [0.717, 1.165) is 19.5 Å². The molecule has 2 aromatic heterocycles. The minimum Gasteiger partial charge on any atom is -0.406 e. The highest BCUT2D eigenvalue weighted by atomic mass is 16.5. The van der Waals surface area contributed by atoms with Gasteiger partial charge in [0.05, 0.1) is 6.61 Å². The van der Waals surface area contributed by atoms with E-state index in [4.69, 9.17) is 9.15 Å². The number of ether oxygens (including phenoxy) is 1. The summed E-state index contributed by atoms with van der Waals surface area (Å²) < 4.78 is 11.6. The number of nitrogens with zero attached hydrogens (tertiary/aromatic N) is 2. The summed E-state index contributed by atoms with van der Waals surface area (Å²) in [6.45, 7) is 2.93. The van der Waals surface area contributed by atoms with Gasteiger partial charge in [-0.25, -0.2) is 9.78 Å². The van der Waals surface area contributed by atoms with E-state index in [-0.39, 0.29) is 5.76 Å². The summed E-state index contributed by atoms with van der Waals surface area (Å²) in [6.07, 6.45) is 2.50. The summed E-state index contributed by atoms with van der Waals surface area (Å²) >= 11 is 0. The first kappa shape index (κ1) is 12.8. The van der Waals surface area contributed by atoms with Crippen LogP contribution < -0.4 is 11.1 Å². The first-order chi connectivity index (χ1) is 8.83. The summed E-state index contributed by atoms with van der Waals surface area (Å²) in [5.74, 6) is -0.347. The van der Waals surface area contributed by atoms with Gasteiger partial charge >= 0.3 is 5.76 Å². The molecule has 0 aliphatic carbocycles. The zero-order chi connectivity index (χ0) is 12.8. The van der Waals surface area contributed by atoms with Crippen molar-refractivity contribution in [3.63, 3.8) is 0 Å². The van der Waals surface area contributed by atoms with E-state index in [1.54, 1.807) is 30.0 Å². The van der Waals surface area contributed by atoms with Crippen LogP contribution in [-0.4, -0.2) is 36.4 Å². The Morgan fingerprint density at radius 1 is 1.50 bits per heavy atom. The number of aryl methyl sites for hydroxylation is 1. The topological polar surface area (TPSA) is 69.3 Å². The van der Waals surface area contributed by atoms with Crippen LogP contribution in [0, 0.1) is 0 Å². The van der Waals surface area contributed by atoms with Crippen LogP contribution in [0.25, 0.3) is 11.2 Å². The van der Waals surface area contributed by atoms with Crippen LogP contribution in [0.2, 0.25) is 0 Å². The Morgan fingerprint density at radius 2 is 2.39 bits per heavy atom. The lowest BCUT2D eigenvalue weighted by atomic mass is 10.4. The molecule has 0 saturated heterocycles. The van der Waals surface area contributed by atoms with Crippen molar-refractivity contribution in [1.29, 1.82) is 0 Å². The van der Waals surface area contributed by atoms with Crippen LogP contribution in [0.4, 0.5) is 0 Å². The fraction of sp³-hybridized carbons (Fsp3) is 0.500. The maximum atomic E-state index is 11.6. The Morgan fingerprint density at radius 3 is 3.22 bits per heavy atom. The second kappa shape index (κ2) is 6.32. The number of oxazole rings is 1. The Bertz CT molecular complexity index is 547. The standard InChI is InChI=1S/C12H17N3O3/c1-17-9-7-13-5-3-8-15-11-10(18-12(15)16)4-2-6-14-11/h2,4,6,13H,3,5,7-9H2,1H3. The molecule has 98 valence electrons. The predicted molar refractivity (Wildman–Crippen MR) is 67.6 cm³/mol. The number of aromatic nitrogens is 2. The van der Waals surface area contributed by atoms with E-state index in [1.807, 2.05) is 0 Å². The molecule has 0 amide bonds. The van der Waals surface area contributed by atoms with Gasteiger partial charge in [-0.15, -0.1) is 0 Å². The van der Waals surface area contributed by atoms with Crippen LogP contribution in [0.3, 0.4) is 0 Å². The second-order valence-electron chi connectivity index (χ2n) is 3.94. The molecule has 0 aliphatic rings. The van der Waals surface area contributed by atoms with Gasteiger partial charge in [-0.1, -0.05) is 0 Å². The average Bonchev–Trinajstić information content (AvgIpc) is 2.70. The number of fused-ring (bicyclic) bond motifs is 1. The van der Waals surface area contributed by atoms with E-state index in [0.29, 0.717) is 24.4 Å². The van der Waals surface area contributed by atoms with Gasteiger partial charge in [0, 0.05) is 26.4 Å². The van der Waals surface area contributed by atoms with Crippen LogP contribution >= 0.6 is 0 Å². The Labute approximate surface area is 105 Å². The van der Waals surface area contributed by atoms with Crippen molar-refractivity contribution in [2.24, 2.45) is 0 Å². The van der Waals surface area contributed by atoms with Gasteiger partial charge in [0.1, 0.15) is 0 Å². The molecule has 0 atom stereocenters. The first-order valence-corrected chi connectivity index (χ1v) is 5.97. The molecule has 6 nitrogen and oxygen atoms in total. The molecule has 0 aromatic carbocycles. The monoisotopic (exact) mass is 251 g/mol. The summed E-state index contributed by atoms with van der Waals surface area (Å²) in [5.41, 5.74) is 1.15. The van der Waals surface area contributed by atoms with Gasteiger partial charge in [0.2, 0.25) is 0 Å². The van der Waals surface area contributed by atoms with Crippen molar-refractivity contribution in [2.45, 2.75) is 13.0 Å².